The molecule has 5 nitrogen and oxygen atoms in total. The van der Waals surface area contributed by atoms with E-state index in [1.54, 1.807) is 12.2 Å². The molecule has 31 heavy (non-hydrogen) atoms. The van der Waals surface area contributed by atoms with Crippen LogP contribution in [-0.4, -0.2) is 14.1 Å². The molecular weight excluding hydrogens is 384 g/mol. The number of benzene rings is 2. The van der Waals surface area contributed by atoms with Gasteiger partial charge in [-0.1, -0.05) is 36.4 Å². The molecule has 0 saturated heterocycles. The molecular formula is C26H22N4O. The lowest BCUT2D eigenvalue weighted by Crippen LogP contribution is -1.98. The van der Waals surface area contributed by atoms with E-state index in [1.807, 2.05) is 99.1 Å². The molecule has 0 fully saturated rings. The van der Waals surface area contributed by atoms with Gasteiger partial charge in [0, 0.05) is 31.0 Å². The number of hydrogen-bond acceptors (Lipinski definition) is 5. The van der Waals surface area contributed by atoms with Gasteiger partial charge in [0.15, 0.2) is 0 Å². The molecule has 0 spiro atoms. The average molecular weight is 406 g/mol. The summed E-state index contributed by atoms with van der Waals surface area (Å²) in [5.41, 5.74) is 4.63. The lowest BCUT2D eigenvalue weighted by molar-refractivity contribution is 0.332. The zero-order chi connectivity index (χ0) is 22.1. The minimum Gasteiger partial charge on any atom is -0.457 e. The fourth-order valence-electron chi connectivity index (χ4n) is 2.88. The van der Waals surface area contributed by atoms with Crippen molar-refractivity contribution in [2.75, 3.05) is 24.7 Å². The van der Waals surface area contributed by atoms with Gasteiger partial charge in [-0.15, -0.1) is 0 Å². The molecule has 1 heterocycles. The quantitative estimate of drug-likeness (QED) is 0.607. The number of nitrogens with one attached hydrogen (secondary N) is 2. The van der Waals surface area contributed by atoms with Crippen LogP contribution in [-0.2, 0) is 4.74 Å². The lowest BCUT2D eigenvalue weighted by Gasteiger charge is -2.14. The zero-order valence-corrected chi connectivity index (χ0v) is 17.4. The summed E-state index contributed by atoms with van der Waals surface area (Å²) in [5, 5.41) is 24.7. The summed E-state index contributed by atoms with van der Waals surface area (Å²) in [5.74, 6) is 1.09. The Kier molecular flexibility index (Phi) is 7.08. The third-order valence-corrected chi connectivity index (χ3v) is 4.62. The Morgan fingerprint density at radius 3 is 1.48 bits per heavy atom. The number of hydrogen-bond donors (Lipinski definition) is 2. The standard InChI is InChI=1S/C26H22N4O/c1-29-23-9-3-19(4-10-23)7-13-25-15-21(22(17-27)18-28)16-26(31-25)14-8-20-5-11-24(30-2)12-6-20/h3-16,29-30H,1-2H3/b13-7+,14-8+. The van der Waals surface area contributed by atoms with Gasteiger partial charge in [0.1, 0.15) is 29.2 Å². The van der Waals surface area contributed by atoms with Crippen molar-refractivity contribution in [3.8, 4) is 12.1 Å². The van der Waals surface area contributed by atoms with E-state index >= 15 is 0 Å². The van der Waals surface area contributed by atoms with Crippen LogP contribution in [0.5, 0.6) is 0 Å². The van der Waals surface area contributed by atoms with E-state index in [2.05, 4.69) is 10.6 Å². The van der Waals surface area contributed by atoms with Crippen LogP contribution in [0.4, 0.5) is 11.4 Å². The van der Waals surface area contributed by atoms with Gasteiger partial charge in [0.05, 0.1) is 0 Å². The number of anilines is 2. The molecule has 2 N–H and O–H groups in total. The number of rotatable bonds is 6. The zero-order valence-electron chi connectivity index (χ0n) is 17.4. The van der Waals surface area contributed by atoms with E-state index in [1.165, 1.54) is 0 Å². The van der Waals surface area contributed by atoms with Crippen molar-refractivity contribution in [2.45, 2.75) is 0 Å². The van der Waals surface area contributed by atoms with E-state index in [9.17, 15) is 10.5 Å². The summed E-state index contributed by atoms with van der Waals surface area (Å²) < 4.78 is 5.96. The molecule has 0 atom stereocenters. The van der Waals surface area contributed by atoms with Crippen molar-refractivity contribution >= 4 is 23.5 Å². The first-order chi connectivity index (χ1) is 15.1. The average Bonchev–Trinajstić information content (AvgIpc) is 2.83. The minimum atomic E-state index is 0.0387. The summed E-state index contributed by atoms with van der Waals surface area (Å²) in [6.07, 6.45) is 10.9. The largest absolute Gasteiger partial charge is 0.457 e. The second kappa shape index (κ2) is 10.3. The second-order valence-corrected chi connectivity index (χ2v) is 6.66. The van der Waals surface area contributed by atoms with Crippen LogP contribution in [0.25, 0.3) is 12.2 Å². The smallest absolute Gasteiger partial charge is 0.137 e. The fourth-order valence-corrected chi connectivity index (χ4v) is 2.88. The Morgan fingerprint density at radius 1 is 0.710 bits per heavy atom. The Labute approximate surface area is 182 Å². The summed E-state index contributed by atoms with van der Waals surface area (Å²) in [6, 6.07) is 19.8. The lowest BCUT2D eigenvalue weighted by atomic mass is 10.1. The highest BCUT2D eigenvalue weighted by Gasteiger charge is 2.11. The van der Waals surface area contributed by atoms with E-state index in [0.29, 0.717) is 17.1 Å². The van der Waals surface area contributed by atoms with Crippen molar-refractivity contribution < 1.29 is 4.74 Å². The molecule has 3 rings (SSSR count). The first kappa shape index (κ1) is 21.2. The normalized spacial score (nSPS) is 13.1. The summed E-state index contributed by atoms with van der Waals surface area (Å²) in [4.78, 5) is 0. The Bertz CT molecular complexity index is 1070. The minimum absolute atomic E-state index is 0.0387. The number of nitriles is 2. The molecule has 0 bridgehead atoms. The summed E-state index contributed by atoms with van der Waals surface area (Å²) in [6.45, 7) is 0. The van der Waals surface area contributed by atoms with Crippen LogP contribution in [0, 0.1) is 22.7 Å². The first-order valence-corrected chi connectivity index (χ1v) is 9.72. The Hall–Kier alpha value is -4.48. The van der Waals surface area contributed by atoms with Crippen LogP contribution in [0.2, 0.25) is 0 Å². The SMILES string of the molecule is CNc1ccc(/C=C/C2=CC(=C(C#N)C#N)C=C(/C=C/c3ccc(NC)cc3)O2)cc1. The first-order valence-electron chi connectivity index (χ1n) is 9.72. The Balaban J connectivity index is 1.86. The second-order valence-electron chi connectivity index (χ2n) is 6.66. The van der Waals surface area contributed by atoms with E-state index in [-0.39, 0.29) is 5.57 Å². The number of ether oxygens (including phenoxy) is 1. The third-order valence-electron chi connectivity index (χ3n) is 4.62. The van der Waals surface area contributed by atoms with E-state index < -0.39 is 0 Å². The topological polar surface area (TPSA) is 80.9 Å². The van der Waals surface area contributed by atoms with Crippen LogP contribution in [0.1, 0.15) is 11.1 Å². The number of nitrogens with zero attached hydrogens (tertiary/aromatic N) is 2. The third kappa shape index (κ3) is 5.76. The number of allylic oxidation sites excluding steroid dienone is 6. The maximum atomic E-state index is 9.29. The predicted octanol–water partition coefficient (Wildman–Crippen LogP) is 5.64. The fraction of sp³-hybridized carbons (Fsp3) is 0.0769. The van der Waals surface area contributed by atoms with Crippen molar-refractivity contribution in [3.05, 3.63) is 107 Å². The van der Waals surface area contributed by atoms with Crippen molar-refractivity contribution in [2.24, 2.45) is 0 Å². The molecule has 0 radical (unpaired) electrons. The van der Waals surface area contributed by atoms with Crippen LogP contribution in [0.3, 0.4) is 0 Å². The van der Waals surface area contributed by atoms with Gasteiger partial charge in [-0.3, -0.25) is 0 Å². The highest BCUT2D eigenvalue weighted by Crippen LogP contribution is 2.25. The molecule has 0 unspecified atom stereocenters. The maximum Gasteiger partial charge on any atom is 0.137 e. The van der Waals surface area contributed by atoms with Gasteiger partial charge in [0.25, 0.3) is 0 Å². The maximum absolute atomic E-state index is 9.29. The van der Waals surface area contributed by atoms with Gasteiger partial charge >= 0.3 is 0 Å². The van der Waals surface area contributed by atoms with Crippen molar-refractivity contribution in [1.82, 2.24) is 0 Å². The molecule has 0 aromatic heterocycles. The van der Waals surface area contributed by atoms with Gasteiger partial charge in [-0.2, -0.15) is 10.5 Å². The highest BCUT2D eigenvalue weighted by molar-refractivity contribution is 5.61. The molecule has 1 aliphatic heterocycles. The predicted molar refractivity (Wildman–Crippen MR) is 126 cm³/mol. The molecule has 0 aliphatic carbocycles. The van der Waals surface area contributed by atoms with E-state index in [0.717, 1.165) is 22.5 Å². The van der Waals surface area contributed by atoms with Gasteiger partial charge in [-0.25, -0.2) is 0 Å². The Morgan fingerprint density at radius 2 is 1.13 bits per heavy atom. The molecule has 0 saturated carbocycles. The summed E-state index contributed by atoms with van der Waals surface area (Å²) in [7, 11) is 3.75. The van der Waals surface area contributed by atoms with Crippen LogP contribution in [0.15, 0.2) is 95.5 Å². The van der Waals surface area contributed by atoms with Crippen molar-refractivity contribution in [3.63, 3.8) is 0 Å². The van der Waals surface area contributed by atoms with Crippen molar-refractivity contribution in [1.29, 1.82) is 10.5 Å². The molecule has 1 aliphatic rings. The summed E-state index contributed by atoms with van der Waals surface area (Å²) >= 11 is 0. The van der Waals surface area contributed by atoms with Crippen LogP contribution < -0.4 is 10.6 Å². The molecule has 2 aromatic rings. The van der Waals surface area contributed by atoms with Gasteiger partial charge < -0.3 is 15.4 Å². The van der Waals surface area contributed by atoms with Crippen LogP contribution >= 0.6 is 0 Å². The highest BCUT2D eigenvalue weighted by atomic mass is 16.5. The van der Waals surface area contributed by atoms with E-state index in [4.69, 9.17) is 4.74 Å². The molecule has 0 amide bonds. The molecule has 2 aromatic carbocycles. The molecule has 5 heteroatoms. The molecule has 152 valence electrons. The van der Waals surface area contributed by atoms with Gasteiger partial charge in [-0.05, 0) is 59.7 Å². The monoisotopic (exact) mass is 406 g/mol. The van der Waals surface area contributed by atoms with Gasteiger partial charge in [0.2, 0.25) is 0 Å².